The molecule has 0 bridgehead atoms. The molecule has 2 aromatic rings. The summed E-state index contributed by atoms with van der Waals surface area (Å²) in [5.74, 6) is 0.837. The average molecular weight is 367 g/mol. The summed E-state index contributed by atoms with van der Waals surface area (Å²) in [6.45, 7) is 10.8. The first-order valence-electron chi connectivity index (χ1n) is 9.22. The monoisotopic (exact) mass is 367 g/mol. The zero-order chi connectivity index (χ0) is 19.7. The van der Waals surface area contributed by atoms with Crippen LogP contribution in [0.2, 0.25) is 0 Å². The highest BCUT2D eigenvalue weighted by molar-refractivity contribution is 5.68. The van der Waals surface area contributed by atoms with Crippen molar-refractivity contribution in [3.8, 4) is 5.75 Å². The number of benzene rings is 2. The van der Waals surface area contributed by atoms with Crippen LogP contribution in [0.15, 0.2) is 67.3 Å². The Bertz CT molecular complexity index is 735. The Labute approximate surface area is 162 Å². The molecular weight excluding hydrogens is 338 g/mol. The van der Waals surface area contributed by atoms with Crippen LogP contribution in [0.4, 0.5) is 4.79 Å². The maximum Gasteiger partial charge on any atom is 0.410 e. The van der Waals surface area contributed by atoms with Crippen LogP contribution in [-0.4, -0.2) is 29.7 Å². The molecule has 0 atom stereocenters. The van der Waals surface area contributed by atoms with Gasteiger partial charge in [0, 0.05) is 13.1 Å². The number of amides is 1. The fourth-order valence-corrected chi connectivity index (χ4v) is 2.58. The third kappa shape index (κ3) is 7.18. The van der Waals surface area contributed by atoms with Crippen LogP contribution in [0.5, 0.6) is 5.75 Å². The van der Waals surface area contributed by atoms with Gasteiger partial charge in [-0.05, 0) is 44.4 Å². The van der Waals surface area contributed by atoms with E-state index in [1.54, 1.807) is 11.0 Å². The molecule has 0 saturated heterocycles. The molecule has 0 aliphatic rings. The molecule has 0 N–H and O–H groups in total. The van der Waals surface area contributed by atoms with Crippen LogP contribution in [-0.2, 0) is 17.8 Å². The third-order valence-corrected chi connectivity index (χ3v) is 3.86. The van der Waals surface area contributed by atoms with Gasteiger partial charge in [0.25, 0.3) is 0 Å². The zero-order valence-electron chi connectivity index (χ0n) is 16.5. The number of hydrogen-bond donors (Lipinski definition) is 0. The molecule has 0 radical (unpaired) electrons. The van der Waals surface area contributed by atoms with Gasteiger partial charge in [-0.1, -0.05) is 54.6 Å². The number of carbonyl (C=O) groups excluding carboxylic acids is 1. The lowest BCUT2D eigenvalue weighted by Crippen LogP contribution is -2.38. The van der Waals surface area contributed by atoms with Gasteiger partial charge in [0.05, 0.1) is 0 Å². The summed E-state index contributed by atoms with van der Waals surface area (Å²) in [5.41, 5.74) is 1.66. The second-order valence-corrected chi connectivity index (χ2v) is 7.35. The molecule has 2 rings (SSSR count). The minimum atomic E-state index is -0.521. The molecule has 1 amide bonds. The van der Waals surface area contributed by atoms with Crippen molar-refractivity contribution in [2.45, 2.75) is 39.4 Å². The SMILES string of the molecule is C=CCN(CCc1ccccc1OCc1ccccc1)C(=O)OC(C)(C)C. The molecule has 144 valence electrons. The maximum absolute atomic E-state index is 12.4. The van der Waals surface area contributed by atoms with Crippen molar-refractivity contribution in [2.24, 2.45) is 0 Å². The lowest BCUT2D eigenvalue weighted by molar-refractivity contribution is 0.0273. The van der Waals surface area contributed by atoms with E-state index in [2.05, 4.69) is 6.58 Å². The van der Waals surface area contributed by atoms with Gasteiger partial charge in [-0.15, -0.1) is 6.58 Å². The molecular formula is C23H29NO3. The summed E-state index contributed by atoms with van der Waals surface area (Å²) < 4.78 is 11.5. The smallest absolute Gasteiger partial charge is 0.410 e. The molecule has 0 saturated carbocycles. The lowest BCUT2D eigenvalue weighted by atomic mass is 10.1. The second-order valence-electron chi connectivity index (χ2n) is 7.35. The first kappa shape index (κ1) is 20.6. The van der Waals surface area contributed by atoms with Gasteiger partial charge in [-0.2, -0.15) is 0 Å². The van der Waals surface area contributed by atoms with Gasteiger partial charge < -0.3 is 14.4 Å². The van der Waals surface area contributed by atoms with Crippen molar-refractivity contribution in [1.29, 1.82) is 0 Å². The summed E-state index contributed by atoms with van der Waals surface area (Å²) in [5, 5.41) is 0. The van der Waals surface area contributed by atoms with E-state index in [4.69, 9.17) is 9.47 Å². The highest BCUT2D eigenvalue weighted by Crippen LogP contribution is 2.21. The molecule has 27 heavy (non-hydrogen) atoms. The largest absolute Gasteiger partial charge is 0.489 e. The number of nitrogens with zero attached hydrogens (tertiary/aromatic N) is 1. The molecule has 4 nitrogen and oxygen atoms in total. The van der Waals surface area contributed by atoms with Gasteiger partial charge in [-0.3, -0.25) is 0 Å². The minimum absolute atomic E-state index is 0.329. The Balaban J connectivity index is 2.00. The van der Waals surface area contributed by atoms with E-state index in [9.17, 15) is 4.79 Å². The van der Waals surface area contributed by atoms with E-state index in [-0.39, 0.29) is 6.09 Å². The summed E-state index contributed by atoms with van der Waals surface area (Å²) >= 11 is 0. The van der Waals surface area contributed by atoms with Crippen molar-refractivity contribution < 1.29 is 14.3 Å². The normalized spacial score (nSPS) is 10.9. The van der Waals surface area contributed by atoms with Crippen molar-refractivity contribution in [2.75, 3.05) is 13.1 Å². The standard InChI is InChI=1S/C23H29NO3/c1-5-16-24(22(25)27-23(2,3)4)17-15-20-13-9-10-14-21(20)26-18-19-11-7-6-8-12-19/h5-14H,1,15-18H2,2-4H3. The van der Waals surface area contributed by atoms with Crippen molar-refractivity contribution >= 4 is 6.09 Å². The molecule has 0 aliphatic carbocycles. The van der Waals surface area contributed by atoms with Gasteiger partial charge in [-0.25, -0.2) is 4.79 Å². The number of ether oxygens (including phenoxy) is 2. The van der Waals surface area contributed by atoms with Crippen LogP contribution in [0, 0.1) is 0 Å². The molecule has 0 spiro atoms. The van der Waals surface area contributed by atoms with E-state index in [0.717, 1.165) is 16.9 Å². The molecule has 0 fully saturated rings. The summed E-state index contributed by atoms with van der Waals surface area (Å²) in [7, 11) is 0. The van der Waals surface area contributed by atoms with Crippen molar-refractivity contribution in [3.05, 3.63) is 78.4 Å². The zero-order valence-corrected chi connectivity index (χ0v) is 16.5. The third-order valence-electron chi connectivity index (χ3n) is 3.86. The van der Waals surface area contributed by atoms with E-state index < -0.39 is 5.60 Å². The first-order valence-corrected chi connectivity index (χ1v) is 9.22. The molecule has 0 aliphatic heterocycles. The number of carbonyl (C=O) groups is 1. The molecule has 4 heteroatoms. The van der Waals surface area contributed by atoms with Crippen LogP contribution in [0.25, 0.3) is 0 Å². The fourth-order valence-electron chi connectivity index (χ4n) is 2.58. The summed E-state index contributed by atoms with van der Waals surface area (Å²) in [4.78, 5) is 14.0. The minimum Gasteiger partial charge on any atom is -0.489 e. The summed E-state index contributed by atoms with van der Waals surface area (Å²) in [6, 6.07) is 18.0. The van der Waals surface area contributed by atoms with E-state index in [1.807, 2.05) is 75.4 Å². The number of hydrogen-bond acceptors (Lipinski definition) is 3. The molecule has 2 aromatic carbocycles. The first-order chi connectivity index (χ1) is 12.9. The topological polar surface area (TPSA) is 38.8 Å². The molecule has 0 unspecified atom stereocenters. The number of rotatable bonds is 8. The van der Waals surface area contributed by atoms with Gasteiger partial charge >= 0.3 is 6.09 Å². The Morgan fingerprint density at radius 3 is 2.41 bits per heavy atom. The van der Waals surface area contributed by atoms with Crippen LogP contribution >= 0.6 is 0 Å². The highest BCUT2D eigenvalue weighted by Gasteiger charge is 2.21. The quantitative estimate of drug-likeness (QED) is 0.600. The fraction of sp³-hybridized carbons (Fsp3) is 0.348. The van der Waals surface area contributed by atoms with Gasteiger partial charge in [0.15, 0.2) is 0 Å². The summed E-state index contributed by atoms with van der Waals surface area (Å²) in [6.07, 6.45) is 2.06. The van der Waals surface area contributed by atoms with Crippen LogP contribution in [0.1, 0.15) is 31.9 Å². The van der Waals surface area contributed by atoms with Crippen molar-refractivity contribution in [3.63, 3.8) is 0 Å². The predicted molar refractivity (Wildman–Crippen MR) is 109 cm³/mol. The van der Waals surface area contributed by atoms with Gasteiger partial charge in [0.1, 0.15) is 18.0 Å². The Kier molecular flexibility index (Phi) is 7.47. The van der Waals surface area contributed by atoms with E-state index in [1.165, 1.54) is 0 Å². The Morgan fingerprint density at radius 1 is 1.07 bits per heavy atom. The predicted octanol–water partition coefficient (Wildman–Crippen LogP) is 5.23. The van der Waals surface area contributed by atoms with E-state index in [0.29, 0.717) is 26.1 Å². The van der Waals surface area contributed by atoms with Crippen LogP contribution < -0.4 is 4.74 Å². The Morgan fingerprint density at radius 2 is 1.74 bits per heavy atom. The average Bonchev–Trinajstić information content (AvgIpc) is 2.63. The maximum atomic E-state index is 12.4. The highest BCUT2D eigenvalue weighted by atomic mass is 16.6. The second kappa shape index (κ2) is 9.81. The van der Waals surface area contributed by atoms with Crippen LogP contribution in [0.3, 0.4) is 0 Å². The van der Waals surface area contributed by atoms with Gasteiger partial charge in [0.2, 0.25) is 0 Å². The molecule has 0 aromatic heterocycles. The lowest BCUT2D eigenvalue weighted by Gasteiger charge is -2.27. The van der Waals surface area contributed by atoms with E-state index >= 15 is 0 Å². The van der Waals surface area contributed by atoms with Crippen molar-refractivity contribution in [1.82, 2.24) is 4.90 Å². The number of para-hydroxylation sites is 1. The molecule has 0 heterocycles. The Hall–Kier alpha value is -2.75.